The Morgan fingerprint density at radius 2 is 2.11 bits per heavy atom. The van der Waals surface area contributed by atoms with Gasteiger partial charge in [-0.25, -0.2) is 15.0 Å². The second-order valence-electron chi connectivity index (χ2n) is 7.57. The van der Waals surface area contributed by atoms with Crippen molar-refractivity contribution in [1.82, 2.24) is 24.7 Å². The van der Waals surface area contributed by atoms with E-state index < -0.39 is 0 Å². The molecule has 28 heavy (non-hydrogen) atoms. The quantitative estimate of drug-likeness (QED) is 0.472. The van der Waals surface area contributed by atoms with Gasteiger partial charge in [-0.15, -0.1) is 0 Å². The van der Waals surface area contributed by atoms with Crippen LogP contribution in [0.25, 0.3) is 5.65 Å². The van der Waals surface area contributed by atoms with Crippen LogP contribution in [0.3, 0.4) is 0 Å². The van der Waals surface area contributed by atoms with Crippen LogP contribution < -0.4 is 15.0 Å². The molecule has 3 aromatic rings. The van der Waals surface area contributed by atoms with Gasteiger partial charge >= 0.3 is 0 Å². The lowest BCUT2D eigenvalue weighted by Gasteiger charge is -2.40. The summed E-state index contributed by atoms with van der Waals surface area (Å²) in [5.74, 6) is 2.04. The zero-order valence-corrected chi connectivity index (χ0v) is 16.5. The molecule has 1 fully saturated rings. The van der Waals surface area contributed by atoms with Gasteiger partial charge in [-0.3, -0.25) is 5.32 Å². The van der Waals surface area contributed by atoms with E-state index in [2.05, 4.69) is 43.4 Å². The van der Waals surface area contributed by atoms with E-state index in [-0.39, 0.29) is 6.97 Å². The zero-order chi connectivity index (χ0) is 19.6. The molecule has 0 atom stereocenters. The van der Waals surface area contributed by atoms with E-state index in [1.807, 2.05) is 30.6 Å². The maximum Gasteiger partial charge on any atom is 0.179 e. The largest absolute Gasteiger partial charge is 0.491 e. The number of imidazole rings is 1. The molecule has 1 aliphatic rings. The number of pyridine rings is 1. The van der Waals surface area contributed by atoms with Crippen molar-refractivity contribution < 1.29 is 10.9 Å². The van der Waals surface area contributed by atoms with E-state index >= 15 is 0 Å². The maximum absolute atomic E-state index is 5.89. The number of rotatable bonds is 8. The van der Waals surface area contributed by atoms with Crippen LogP contribution in [0.4, 0.5) is 5.82 Å². The van der Waals surface area contributed by atoms with Gasteiger partial charge in [-0.1, -0.05) is 6.07 Å². The zero-order valence-electron chi connectivity index (χ0n) is 16.5. The molecule has 0 bridgehead atoms. The summed E-state index contributed by atoms with van der Waals surface area (Å²) in [6.45, 7) is 7.28. The maximum atomic E-state index is 5.89. The predicted octanol–water partition coefficient (Wildman–Crippen LogP) is 2.31. The number of nitrogens with one attached hydrogen (secondary N) is 1. The molecule has 0 aromatic carbocycles. The highest BCUT2D eigenvalue weighted by atomic mass is 16.5. The third-order valence-electron chi connectivity index (χ3n) is 5.16. The predicted molar refractivity (Wildman–Crippen MR) is 109 cm³/mol. The fourth-order valence-corrected chi connectivity index (χ4v) is 3.48. The Balaban J connectivity index is 0.00000240. The topological polar surface area (TPSA) is 76.8 Å². The Morgan fingerprint density at radius 3 is 2.93 bits per heavy atom. The van der Waals surface area contributed by atoms with Crippen molar-refractivity contribution in [3.63, 3.8) is 0 Å². The number of nitrogens with zero attached hydrogens (tertiary/aromatic N) is 5. The van der Waals surface area contributed by atoms with Crippen LogP contribution in [0, 0.1) is 5.92 Å². The van der Waals surface area contributed by atoms with Gasteiger partial charge in [0.05, 0.1) is 44.1 Å². The van der Waals surface area contributed by atoms with Crippen molar-refractivity contribution in [2.24, 2.45) is 5.92 Å². The highest BCUT2D eigenvalue weighted by molar-refractivity contribution is 5.52. The first kappa shape index (κ1) is 18.6. The lowest BCUT2D eigenvalue weighted by atomic mass is 10.0. The van der Waals surface area contributed by atoms with Gasteiger partial charge < -0.3 is 18.8 Å². The minimum Gasteiger partial charge on any atom is -0.491 e. The van der Waals surface area contributed by atoms with Crippen LogP contribution in [0.5, 0.6) is 5.75 Å². The average Bonchev–Trinajstić information content (AvgIpc) is 3.11. The summed E-state index contributed by atoms with van der Waals surface area (Å²) in [7, 11) is 1.64. The van der Waals surface area contributed by atoms with Crippen LogP contribution in [0.15, 0.2) is 43.1 Å². The Labute approximate surface area is 166 Å². The first-order valence-electron chi connectivity index (χ1n) is 9.43. The Morgan fingerprint density at radius 1 is 1.25 bits per heavy atom. The summed E-state index contributed by atoms with van der Waals surface area (Å²) >= 11 is 0. The first-order valence-corrected chi connectivity index (χ1v) is 9.43. The fourth-order valence-electron chi connectivity index (χ4n) is 3.48. The standard InChI is InChI=1S/C20H26N6O2.H2/c1-20(2,17-9-22-18-6-4-5-7-26(17)18)24-14-28-12-15-10-25(11-15)19-16(27-3)8-21-13-23-19;/h4-9,13,15,24H,10-12,14H2,1-3H3;1H. The number of hydrogen-bond acceptors (Lipinski definition) is 7. The van der Waals surface area contributed by atoms with Crippen LogP contribution in [-0.4, -0.2) is 52.9 Å². The minimum absolute atomic E-state index is 0. The van der Waals surface area contributed by atoms with E-state index in [1.165, 1.54) is 0 Å². The molecule has 3 aromatic heterocycles. The molecule has 1 saturated heterocycles. The summed E-state index contributed by atoms with van der Waals surface area (Å²) in [6, 6.07) is 6.01. The van der Waals surface area contributed by atoms with Gasteiger partial charge in [0.1, 0.15) is 12.0 Å². The number of aromatic nitrogens is 4. The van der Waals surface area contributed by atoms with Gasteiger partial charge in [0.15, 0.2) is 11.6 Å². The van der Waals surface area contributed by atoms with Crippen molar-refractivity contribution in [2.75, 3.05) is 38.4 Å². The van der Waals surface area contributed by atoms with E-state index in [0.29, 0.717) is 25.0 Å². The second kappa shape index (κ2) is 7.73. The number of ether oxygens (including phenoxy) is 2. The molecule has 1 N–H and O–H groups in total. The van der Waals surface area contributed by atoms with Crippen LogP contribution in [-0.2, 0) is 10.3 Å². The molecule has 0 amide bonds. The third kappa shape index (κ3) is 3.65. The van der Waals surface area contributed by atoms with Gasteiger partial charge in [-0.2, -0.15) is 0 Å². The number of methoxy groups -OCH3 is 1. The van der Waals surface area contributed by atoms with Crippen LogP contribution >= 0.6 is 0 Å². The van der Waals surface area contributed by atoms with Crippen LogP contribution in [0.2, 0.25) is 0 Å². The SMILES string of the molecule is COc1cncnc1N1CC(COCNC(C)(C)c2cnc3ccccn23)C1.[HH]. The molecule has 0 saturated carbocycles. The summed E-state index contributed by atoms with van der Waals surface area (Å²) < 4.78 is 13.3. The smallest absolute Gasteiger partial charge is 0.179 e. The van der Waals surface area contributed by atoms with E-state index in [1.54, 1.807) is 19.6 Å². The number of anilines is 1. The van der Waals surface area contributed by atoms with E-state index in [9.17, 15) is 0 Å². The molecule has 0 unspecified atom stereocenters. The van der Waals surface area contributed by atoms with Gasteiger partial charge in [0.2, 0.25) is 0 Å². The molecule has 0 radical (unpaired) electrons. The van der Waals surface area contributed by atoms with Crippen LogP contribution in [0.1, 0.15) is 21.0 Å². The average molecular weight is 384 g/mol. The minimum atomic E-state index is -0.249. The van der Waals surface area contributed by atoms with Crippen molar-refractivity contribution in [2.45, 2.75) is 19.4 Å². The van der Waals surface area contributed by atoms with Gasteiger partial charge in [-0.05, 0) is 26.0 Å². The highest BCUT2D eigenvalue weighted by Gasteiger charge is 2.30. The molecule has 1 aliphatic heterocycles. The molecule has 4 heterocycles. The Hall–Kier alpha value is -2.71. The Bertz CT molecular complexity index is 941. The monoisotopic (exact) mass is 384 g/mol. The molecule has 0 aliphatic carbocycles. The Kier molecular flexibility index (Phi) is 5.15. The van der Waals surface area contributed by atoms with Gasteiger partial charge in [0, 0.05) is 26.6 Å². The van der Waals surface area contributed by atoms with E-state index in [0.717, 1.165) is 30.2 Å². The fraction of sp³-hybridized carbons (Fsp3) is 0.450. The summed E-state index contributed by atoms with van der Waals surface area (Å²) in [5.41, 5.74) is 1.81. The molecular formula is C20H28N6O2. The first-order chi connectivity index (χ1) is 13.6. The molecule has 4 rings (SSSR count). The molecule has 8 nitrogen and oxygen atoms in total. The normalized spacial score (nSPS) is 15.0. The highest BCUT2D eigenvalue weighted by Crippen LogP contribution is 2.30. The molecular weight excluding hydrogens is 356 g/mol. The van der Waals surface area contributed by atoms with Gasteiger partial charge in [0.25, 0.3) is 0 Å². The van der Waals surface area contributed by atoms with Crippen molar-refractivity contribution in [1.29, 1.82) is 0 Å². The van der Waals surface area contributed by atoms with Crippen molar-refractivity contribution >= 4 is 11.5 Å². The van der Waals surface area contributed by atoms with Crippen molar-refractivity contribution in [3.8, 4) is 5.75 Å². The molecule has 8 heteroatoms. The van der Waals surface area contributed by atoms with Crippen molar-refractivity contribution in [3.05, 3.63) is 48.8 Å². The summed E-state index contributed by atoms with van der Waals surface area (Å²) in [6.07, 6.45) is 7.19. The third-order valence-corrected chi connectivity index (χ3v) is 5.16. The molecule has 150 valence electrons. The van der Waals surface area contributed by atoms with E-state index in [4.69, 9.17) is 9.47 Å². The second-order valence-corrected chi connectivity index (χ2v) is 7.57. The lowest BCUT2D eigenvalue weighted by molar-refractivity contribution is 0.0596. The summed E-state index contributed by atoms with van der Waals surface area (Å²) in [5, 5.41) is 3.48. The lowest BCUT2D eigenvalue weighted by Crippen LogP contribution is -2.50. The number of hydrogen-bond donors (Lipinski definition) is 1. The number of fused-ring (bicyclic) bond motifs is 1. The molecule has 0 spiro atoms. The summed E-state index contributed by atoms with van der Waals surface area (Å²) in [4.78, 5) is 15.0.